The summed E-state index contributed by atoms with van der Waals surface area (Å²) in [6, 6.07) is 3.20. The molecule has 1 aromatic heterocycles. The van der Waals surface area contributed by atoms with Gasteiger partial charge in [-0.25, -0.2) is 19.2 Å². The van der Waals surface area contributed by atoms with Gasteiger partial charge < -0.3 is 10.7 Å². The average Bonchev–Trinajstić information content (AvgIpc) is 2.35. The van der Waals surface area contributed by atoms with Crippen LogP contribution in [-0.4, -0.2) is 37.9 Å². The number of sulfone groups is 1. The Morgan fingerprint density at radius 1 is 1.33 bits per heavy atom. The van der Waals surface area contributed by atoms with Crippen LogP contribution in [0.25, 0.3) is 0 Å². The largest absolute Gasteiger partial charge is 0.351 e. The minimum Gasteiger partial charge on any atom is -0.351 e. The standard InChI is InChI=1S/C13H22N4O3S/c1-13(2,3)10-7-9(8-11(16-10)17-14)12(18)15-5-6-21(4,19)20/h7-8H,5-6,14H2,1-4H3,(H,15,18)(H,16,17). The van der Waals surface area contributed by atoms with Crippen LogP contribution in [0.2, 0.25) is 0 Å². The number of carbonyl (C=O) groups is 1. The molecule has 0 aliphatic rings. The van der Waals surface area contributed by atoms with E-state index in [2.05, 4.69) is 15.7 Å². The number of amides is 1. The van der Waals surface area contributed by atoms with E-state index in [1.165, 1.54) is 6.07 Å². The Morgan fingerprint density at radius 2 is 1.95 bits per heavy atom. The lowest BCUT2D eigenvalue weighted by atomic mass is 9.90. The van der Waals surface area contributed by atoms with Crippen molar-refractivity contribution in [1.29, 1.82) is 0 Å². The van der Waals surface area contributed by atoms with Gasteiger partial charge in [-0.3, -0.25) is 4.79 Å². The summed E-state index contributed by atoms with van der Waals surface area (Å²) in [5.74, 6) is 5.29. The van der Waals surface area contributed by atoms with Crippen LogP contribution in [0.1, 0.15) is 36.8 Å². The molecule has 0 aliphatic heterocycles. The Balaban J connectivity index is 2.93. The first-order valence-corrected chi connectivity index (χ1v) is 8.54. The second-order valence-corrected chi connectivity index (χ2v) is 8.17. The minimum absolute atomic E-state index is 0.0657. The van der Waals surface area contributed by atoms with Crippen molar-refractivity contribution < 1.29 is 13.2 Å². The molecular weight excluding hydrogens is 292 g/mol. The van der Waals surface area contributed by atoms with Gasteiger partial charge in [0, 0.05) is 29.5 Å². The van der Waals surface area contributed by atoms with Crippen LogP contribution in [0.4, 0.5) is 5.82 Å². The Kier molecular flexibility index (Phi) is 5.30. The molecule has 118 valence electrons. The van der Waals surface area contributed by atoms with Crippen molar-refractivity contribution in [3.63, 3.8) is 0 Å². The normalized spacial score (nSPS) is 12.0. The summed E-state index contributed by atoms with van der Waals surface area (Å²) >= 11 is 0. The van der Waals surface area contributed by atoms with Crippen molar-refractivity contribution >= 4 is 21.6 Å². The van der Waals surface area contributed by atoms with E-state index in [0.717, 1.165) is 6.26 Å². The lowest BCUT2D eigenvalue weighted by Crippen LogP contribution is -2.29. The molecule has 0 aromatic carbocycles. The molecule has 1 rings (SSSR count). The number of rotatable bonds is 5. The molecule has 0 spiro atoms. The van der Waals surface area contributed by atoms with Crippen molar-refractivity contribution in [2.75, 3.05) is 24.0 Å². The summed E-state index contributed by atoms with van der Waals surface area (Å²) in [6.07, 6.45) is 1.12. The Bertz CT molecular complexity index is 621. The third kappa shape index (κ3) is 5.68. The van der Waals surface area contributed by atoms with Crippen LogP contribution in [0.5, 0.6) is 0 Å². The van der Waals surface area contributed by atoms with Gasteiger partial charge in [0.15, 0.2) is 0 Å². The molecule has 7 nitrogen and oxygen atoms in total. The molecule has 0 fully saturated rings. The molecule has 1 amide bonds. The van der Waals surface area contributed by atoms with Crippen LogP contribution in [0.15, 0.2) is 12.1 Å². The van der Waals surface area contributed by atoms with Gasteiger partial charge in [0.1, 0.15) is 15.7 Å². The summed E-state index contributed by atoms with van der Waals surface area (Å²) in [5, 5.41) is 2.57. The van der Waals surface area contributed by atoms with Crippen LogP contribution in [0, 0.1) is 0 Å². The number of nitrogen functional groups attached to an aromatic ring is 1. The molecule has 0 radical (unpaired) electrons. The molecule has 8 heteroatoms. The van der Waals surface area contributed by atoms with E-state index in [4.69, 9.17) is 5.84 Å². The molecule has 0 saturated heterocycles. The van der Waals surface area contributed by atoms with Gasteiger partial charge >= 0.3 is 0 Å². The Labute approximate surface area is 125 Å². The molecular formula is C13H22N4O3S. The summed E-state index contributed by atoms with van der Waals surface area (Å²) in [7, 11) is -3.11. The van der Waals surface area contributed by atoms with Gasteiger partial charge in [-0.15, -0.1) is 0 Å². The van der Waals surface area contributed by atoms with Crippen LogP contribution < -0.4 is 16.6 Å². The number of aromatic nitrogens is 1. The average molecular weight is 314 g/mol. The Hall–Kier alpha value is -1.67. The maximum atomic E-state index is 12.1. The lowest BCUT2D eigenvalue weighted by Gasteiger charge is -2.19. The van der Waals surface area contributed by atoms with Gasteiger partial charge in [0.05, 0.1) is 5.75 Å². The number of hydrazine groups is 1. The number of anilines is 1. The van der Waals surface area contributed by atoms with E-state index in [9.17, 15) is 13.2 Å². The minimum atomic E-state index is -3.11. The van der Waals surface area contributed by atoms with Crippen LogP contribution in [0.3, 0.4) is 0 Å². The zero-order valence-electron chi connectivity index (χ0n) is 12.7. The second-order valence-electron chi connectivity index (χ2n) is 5.91. The lowest BCUT2D eigenvalue weighted by molar-refractivity contribution is 0.0956. The van der Waals surface area contributed by atoms with E-state index in [0.29, 0.717) is 17.1 Å². The Morgan fingerprint density at radius 3 is 2.43 bits per heavy atom. The van der Waals surface area contributed by atoms with Gasteiger partial charge in [-0.2, -0.15) is 0 Å². The van der Waals surface area contributed by atoms with E-state index in [-0.39, 0.29) is 23.6 Å². The first-order valence-electron chi connectivity index (χ1n) is 6.48. The summed E-state index contributed by atoms with van der Waals surface area (Å²) in [6.45, 7) is 5.99. The molecule has 21 heavy (non-hydrogen) atoms. The van der Waals surface area contributed by atoms with Gasteiger partial charge in [0.25, 0.3) is 5.91 Å². The molecule has 0 bridgehead atoms. The number of nitrogens with zero attached hydrogens (tertiary/aromatic N) is 1. The summed E-state index contributed by atoms with van der Waals surface area (Å²) in [4.78, 5) is 16.4. The molecule has 0 unspecified atom stereocenters. The van der Waals surface area contributed by atoms with E-state index >= 15 is 0 Å². The number of nitrogens with two attached hydrogens (primary N) is 1. The topological polar surface area (TPSA) is 114 Å². The fourth-order valence-electron chi connectivity index (χ4n) is 1.57. The highest BCUT2D eigenvalue weighted by molar-refractivity contribution is 7.90. The zero-order chi connectivity index (χ0) is 16.3. The number of nitrogens with one attached hydrogen (secondary N) is 2. The quantitative estimate of drug-likeness (QED) is 0.537. The zero-order valence-corrected chi connectivity index (χ0v) is 13.5. The molecule has 0 atom stereocenters. The van der Waals surface area contributed by atoms with Crippen molar-refractivity contribution in [1.82, 2.24) is 10.3 Å². The predicted octanol–water partition coefficient (Wildman–Crippen LogP) is 0.439. The predicted molar refractivity (Wildman–Crippen MR) is 82.8 cm³/mol. The van der Waals surface area contributed by atoms with Crippen molar-refractivity contribution in [2.24, 2.45) is 5.84 Å². The highest BCUT2D eigenvalue weighted by Crippen LogP contribution is 2.23. The first-order chi connectivity index (χ1) is 9.53. The fourth-order valence-corrected chi connectivity index (χ4v) is 2.04. The molecule has 4 N–H and O–H groups in total. The monoisotopic (exact) mass is 314 g/mol. The number of hydrogen-bond donors (Lipinski definition) is 3. The van der Waals surface area contributed by atoms with Crippen LogP contribution in [-0.2, 0) is 15.3 Å². The first kappa shape index (κ1) is 17.4. The summed E-state index contributed by atoms with van der Waals surface area (Å²) < 4.78 is 22.1. The maximum Gasteiger partial charge on any atom is 0.251 e. The number of pyridine rings is 1. The van der Waals surface area contributed by atoms with E-state index in [1.807, 2.05) is 20.8 Å². The number of carbonyl (C=O) groups excluding carboxylic acids is 1. The third-order valence-electron chi connectivity index (χ3n) is 2.76. The van der Waals surface area contributed by atoms with Gasteiger partial charge in [-0.05, 0) is 12.1 Å². The second kappa shape index (κ2) is 6.40. The van der Waals surface area contributed by atoms with E-state index < -0.39 is 9.84 Å². The van der Waals surface area contributed by atoms with Crippen molar-refractivity contribution in [3.05, 3.63) is 23.4 Å². The van der Waals surface area contributed by atoms with Gasteiger partial charge in [-0.1, -0.05) is 20.8 Å². The van der Waals surface area contributed by atoms with E-state index in [1.54, 1.807) is 6.07 Å². The van der Waals surface area contributed by atoms with Gasteiger partial charge in [0.2, 0.25) is 0 Å². The SMILES string of the molecule is CC(C)(C)c1cc(C(=O)NCCS(C)(=O)=O)cc(NN)n1. The highest BCUT2D eigenvalue weighted by atomic mass is 32.2. The highest BCUT2D eigenvalue weighted by Gasteiger charge is 2.19. The third-order valence-corrected chi connectivity index (χ3v) is 3.71. The molecule has 1 aromatic rings. The van der Waals surface area contributed by atoms with Crippen LogP contribution >= 0.6 is 0 Å². The molecule has 1 heterocycles. The maximum absolute atomic E-state index is 12.1. The van der Waals surface area contributed by atoms with Crippen molar-refractivity contribution in [2.45, 2.75) is 26.2 Å². The van der Waals surface area contributed by atoms with Crippen molar-refractivity contribution in [3.8, 4) is 0 Å². The molecule has 0 aliphatic carbocycles. The molecule has 0 saturated carbocycles. The smallest absolute Gasteiger partial charge is 0.251 e. The fraction of sp³-hybridized carbons (Fsp3) is 0.538. The summed E-state index contributed by atoms with van der Waals surface area (Å²) in [5.41, 5.74) is 3.29. The number of hydrogen-bond acceptors (Lipinski definition) is 6.